The van der Waals surface area contributed by atoms with E-state index in [-0.39, 0.29) is 23.8 Å². The van der Waals surface area contributed by atoms with E-state index in [1.165, 1.54) is 30.4 Å². The van der Waals surface area contributed by atoms with E-state index < -0.39 is 5.60 Å². The lowest BCUT2D eigenvalue weighted by Gasteiger charge is -2.44. The molecule has 10 nitrogen and oxygen atoms in total. The minimum Gasteiger partial charge on any atom is -0.444 e. The van der Waals surface area contributed by atoms with Crippen molar-refractivity contribution < 1.29 is 14.3 Å². The number of alkyl carbamates (subject to hydrolysis) is 1. The molecule has 3 fully saturated rings. The third kappa shape index (κ3) is 5.66. The fourth-order valence-electron chi connectivity index (χ4n) is 7.61. The zero-order chi connectivity index (χ0) is 30.5. The highest BCUT2D eigenvalue weighted by Crippen LogP contribution is 2.52. The monoisotopic (exact) mass is 665 g/mol. The lowest BCUT2D eigenvalue weighted by molar-refractivity contribution is -0.0369. The van der Waals surface area contributed by atoms with Crippen LogP contribution in [-0.2, 0) is 15.9 Å². The summed E-state index contributed by atoms with van der Waals surface area (Å²) in [5, 5.41) is 8.38. The molecule has 0 radical (unpaired) electrons. The van der Waals surface area contributed by atoms with Crippen molar-refractivity contribution in [3.8, 4) is 0 Å². The number of amides is 1. The van der Waals surface area contributed by atoms with Crippen LogP contribution in [0.2, 0.25) is 0 Å². The molecule has 3 saturated heterocycles. The number of carbonyl (C=O) groups excluding carboxylic acids is 1. The van der Waals surface area contributed by atoms with Gasteiger partial charge in [-0.25, -0.2) is 19.4 Å². The summed E-state index contributed by atoms with van der Waals surface area (Å²) in [6, 6.07) is 8.42. The molecule has 2 atom stereocenters. The molecule has 0 saturated carbocycles. The maximum atomic E-state index is 13.0. The number of ether oxygens (including phenoxy) is 2. The highest BCUT2D eigenvalue weighted by molar-refractivity contribution is 9.10. The molecule has 3 aliphatic heterocycles. The molecule has 5 heterocycles. The van der Waals surface area contributed by atoms with Crippen LogP contribution in [0.3, 0.4) is 0 Å². The van der Waals surface area contributed by atoms with Gasteiger partial charge in [0, 0.05) is 38.2 Å². The number of aromatic nitrogens is 4. The predicted octanol–water partition coefficient (Wildman–Crippen LogP) is 6.69. The van der Waals surface area contributed by atoms with Gasteiger partial charge in [-0.1, -0.05) is 24.3 Å². The minimum absolute atomic E-state index is 0.0831. The van der Waals surface area contributed by atoms with Crippen molar-refractivity contribution in [3.05, 3.63) is 40.0 Å². The van der Waals surface area contributed by atoms with Gasteiger partial charge in [0.2, 0.25) is 0 Å². The number of rotatable bonds is 4. The van der Waals surface area contributed by atoms with E-state index in [9.17, 15) is 4.79 Å². The Kier molecular flexibility index (Phi) is 7.97. The summed E-state index contributed by atoms with van der Waals surface area (Å²) in [6.45, 7) is 10.1. The molecule has 7 rings (SSSR count). The van der Waals surface area contributed by atoms with Crippen LogP contribution >= 0.6 is 15.9 Å². The van der Waals surface area contributed by atoms with Gasteiger partial charge in [0.05, 0.1) is 6.04 Å². The third-order valence-corrected chi connectivity index (χ3v) is 10.3. The second-order valence-electron chi connectivity index (χ2n) is 14.0. The zero-order valence-electron chi connectivity index (χ0n) is 26.1. The van der Waals surface area contributed by atoms with Crippen LogP contribution in [0.1, 0.15) is 95.5 Å². The lowest BCUT2D eigenvalue weighted by atomic mass is 9.72. The molecule has 236 valence electrons. The Hall–Kier alpha value is -2.92. The first kappa shape index (κ1) is 29.8. The fourth-order valence-corrected chi connectivity index (χ4v) is 8.13. The fraction of sp³-hybridized carbons (Fsp3) is 0.636. The SMILES string of the molecule is CC(C)(C)OC(=O)N[C@@H]1c2ccccc2CC12CCN(c1nc3c(nc1Br)c(N1CCCCC1)nn3C1CCCCO1)CC2. The van der Waals surface area contributed by atoms with E-state index in [2.05, 4.69) is 55.3 Å². The Balaban J connectivity index is 1.17. The summed E-state index contributed by atoms with van der Waals surface area (Å²) >= 11 is 3.81. The molecule has 1 aliphatic carbocycles. The molecule has 11 heteroatoms. The molecule has 4 aliphatic rings. The molecule has 1 amide bonds. The van der Waals surface area contributed by atoms with Crippen LogP contribution in [0, 0.1) is 5.41 Å². The van der Waals surface area contributed by atoms with Gasteiger partial charge in [0.25, 0.3) is 0 Å². The van der Waals surface area contributed by atoms with Gasteiger partial charge in [-0.3, -0.25) is 0 Å². The zero-order valence-corrected chi connectivity index (χ0v) is 27.7. The number of carbonyl (C=O) groups is 1. The van der Waals surface area contributed by atoms with E-state index in [4.69, 9.17) is 24.5 Å². The van der Waals surface area contributed by atoms with E-state index >= 15 is 0 Å². The quantitative estimate of drug-likeness (QED) is 0.329. The number of fused-ring (bicyclic) bond motifs is 2. The molecule has 1 spiro atoms. The summed E-state index contributed by atoms with van der Waals surface area (Å²) in [5.74, 6) is 1.77. The van der Waals surface area contributed by atoms with Gasteiger partial charge in [-0.2, -0.15) is 0 Å². The second kappa shape index (κ2) is 11.8. The number of hydrogen-bond acceptors (Lipinski definition) is 8. The first-order valence-corrected chi connectivity index (χ1v) is 17.1. The van der Waals surface area contributed by atoms with Crippen molar-refractivity contribution >= 4 is 44.8 Å². The van der Waals surface area contributed by atoms with Gasteiger partial charge in [0.15, 0.2) is 29.0 Å². The van der Waals surface area contributed by atoms with Crippen LogP contribution in [0.5, 0.6) is 0 Å². The summed E-state index contributed by atoms with van der Waals surface area (Å²) in [4.78, 5) is 28.1. The normalized spacial score (nSPS) is 23.6. The van der Waals surface area contributed by atoms with Gasteiger partial charge < -0.3 is 24.6 Å². The Morgan fingerprint density at radius 3 is 2.48 bits per heavy atom. The Bertz CT molecular complexity index is 1520. The van der Waals surface area contributed by atoms with E-state index in [0.29, 0.717) is 0 Å². The molecular weight excluding hydrogens is 622 g/mol. The van der Waals surface area contributed by atoms with E-state index in [0.717, 1.165) is 98.7 Å². The molecule has 1 N–H and O–H groups in total. The Labute approximate surface area is 268 Å². The molecular formula is C33H44BrN7O3. The van der Waals surface area contributed by atoms with E-state index in [1.807, 2.05) is 25.5 Å². The van der Waals surface area contributed by atoms with Gasteiger partial charge in [-0.05, 0) is 106 Å². The smallest absolute Gasteiger partial charge is 0.408 e. The first-order valence-electron chi connectivity index (χ1n) is 16.4. The molecule has 1 aromatic carbocycles. The number of nitrogens with one attached hydrogen (secondary N) is 1. The molecule has 3 aromatic rings. The van der Waals surface area contributed by atoms with Crippen LogP contribution in [0.25, 0.3) is 11.2 Å². The van der Waals surface area contributed by atoms with Crippen LogP contribution in [-0.4, -0.2) is 64.2 Å². The largest absolute Gasteiger partial charge is 0.444 e. The highest BCUT2D eigenvalue weighted by atomic mass is 79.9. The minimum atomic E-state index is -0.550. The van der Waals surface area contributed by atoms with Crippen LogP contribution in [0.4, 0.5) is 16.4 Å². The summed E-state index contributed by atoms with van der Waals surface area (Å²) in [6.07, 6.45) is 9.03. The molecule has 1 unspecified atom stereocenters. The van der Waals surface area contributed by atoms with Crippen molar-refractivity contribution in [2.75, 3.05) is 42.6 Å². The average molecular weight is 667 g/mol. The van der Waals surface area contributed by atoms with Gasteiger partial charge in [-0.15, -0.1) is 5.10 Å². The topological polar surface area (TPSA) is 97.6 Å². The number of piperidine rings is 2. The lowest BCUT2D eigenvalue weighted by Crippen LogP contribution is -2.48. The van der Waals surface area contributed by atoms with Crippen LogP contribution in [0.15, 0.2) is 28.9 Å². The predicted molar refractivity (Wildman–Crippen MR) is 174 cm³/mol. The third-order valence-electron chi connectivity index (χ3n) is 9.77. The maximum absolute atomic E-state index is 13.0. The second-order valence-corrected chi connectivity index (χ2v) is 14.7. The summed E-state index contributed by atoms with van der Waals surface area (Å²) < 4.78 is 14.6. The highest BCUT2D eigenvalue weighted by Gasteiger charge is 2.49. The van der Waals surface area contributed by atoms with Crippen molar-refractivity contribution in [1.29, 1.82) is 0 Å². The van der Waals surface area contributed by atoms with Crippen molar-refractivity contribution in [2.45, 2.75) is 96.4 Å². The van der Waals surface area contributed by atoms with Gasteiger partial charge >= 0.3 is 6.09 Å². The molecule has 44 heavy (non-hydrogen) atoms. The van der Waals surface area contributed by atoms with Crippen molar-refractivity contribution in [1.82, 2.24) is 25.1 Å². The summed E-state index contributed by atoms with van der Waals surface area (Å²) in [7, 11) is 0. The number of hydrogen-bond donors (Lipinski definition) is 1. The number of halogens is 1. The van der Waals surface area contributed by atoms with Crippen molar-refractivity contribution in [3.63, 3.8) is 0 Å². The molecule has 0 bridgehead atoms. The number of anilines is 2. The Morgan fingerprint density at radius 1 is 1.00 bits per heavy atom. The summed E-state index contributed by atoms with van der Waals surface area (Å²) in [5.41, 5.74) is 3.53. The van der Waals surface area contributed by atoms with Gasteiger partial charge in [0.1, 0.15) is 10.2 Å². The van der Waals surface area contributed by atoms with Crippen LogP contribution < -0.4 is 15.1 Å². The molecule has 2 aromatic heterocycles. The first-order chi connectivity index (χ1) is 21.2. The number of nitrogens with zero attached hydrogens (tertiary/aromatic N) is 6. The average Bonchev–Trinajstić information content (AvgIpc) is 3.52. The van der Waals surface area contributed by atoms with Crippen molar-refractivity contribution in [2.24, 2.45) is 5.41 Å². The maximum Gasteiger partial charge on any atom is 0.408 e. The number of benzene rings is 1. The standard InChI is InChI=1S/C33H44BrN7O3/c1-32(2,3)44-31(42)36-26-23-12-6-5-11-22(23)21-33(26)14-18-40(19-15-33)30-27(34)35-25-28(37-30)41(24-13-7-10-20-43-24)38-29(25)39-16-8-4-9-17-39/h5-6,11-12,24,26H,4,7-10,13-21H2,1-3H3,(H,36,42)/t24?,26-/m1/s1. The Morgan fingerprint density at radius 2 is 1.75 bits per heavy atom. The van der Waals surface area contributed by atoms with E-state index in [1.54, 1.807) is 0 Å².